The highest BCUT2D eigenvalue weighted by Gasteiger charge is 2.21. The molecule has 0 aliphatic carbocycles. The van der Waals surface area contributed by atoms with Gasteiger partial charge in [0.2, 0.25) is 5.91 Å². The third-order valence-corrected chi connectivity index (χ3v) is 6.64. The molecule has 2 heterocycles. The van der Waals surface area contributed by atoms with Gasteiger partial charge in [-0.05, 0) is 54.7 Å². The van der Waals surface area contributed by atoms with Crippen molar-refractivity contribution < 1.29 is 14.7 Å². The fourth-order valence-corrected chi connectivity index (χ4v) is 4.68. The maximum atomic E-state index is 12.5. The summed E-state index contributed by atoms with van der Waals surface area (Å²) in [6.45, 7) is 5.70. The van der Waals surface area contributed by atoms with E-state index in [2.05, 4.69) is 39.8 Å². The molecule has 1 atom stereocenters. The van der Waals surface area contributed by atoms with Crippen LogP contribution in [0.2, 0.25) is 0 Å². The van der Waals surface area contributed by atoms with Crippen molar-refractivity contribution in [2.24, 2.45) is 0 Å². The van der Waals surface area contributed by atoms with Crippen molar-refractivity contribution >= 4 is 17.5 Å². The summed E-state index contributed by atoms with van der Waals surface area (Å²) in [7, 11) is 0. The van der Waals surface area contributed by atoms with Crippen LogP contribution >= 0.6 is 0 Å². The Hall–Kier alpha value is -2.90. The van der Waals surface area contributed by atoms with Crippen molar-refractivity contribution in [3.63, 3.8) is 0 Å². The van der Waals surface area contributed by atoms with Gasteiger partial charge in [-0.15, -0.1) is 0 Å². The Morgan fingerprint density at radius 2 is 1.73 bits per heavy atom. The Labute approximate surface area is 195 Å². The predicted octanol–water partition coefficient (Wildman–Crippen LogP) is 2.26. The van der Waals surface area contributed by atoms with Crippen LogP contribution in [0.3, 0.4) is 0 Å². The van der Waals surface area contributed by atoms with Gasteiger partial charge in [0.25, 0.3) is 5.91 Å². The van der Waals surface area contributed by atoms with Crippen LogP contribution in [0.1, 0.15) is 41.3 Å². The molecule has 0 saturated carbocycles. The molecule has 1 saturated heterocycles. The second-order valence-electron chi connectivity index (χ2n) is 9.12. The number of carbonyl (C=O) groups is 2. The number of nitrogens with zero attached hydrogens (tertiary/aromatic N) is 2. The van der Waals surface area contributed by atoms with Crippen LogP contribution in [0.25, 0.3) is 0 Å². The van der Waals surface area contributed by atoms with Crippen molar-refractivity contribution in [1.82, 2.24) is 15.1 Å². The number of hydrogen-bond donors (Lipinski definition) is 3. The number of carbonyl (C=O) groups excluding carboxylic acids is 2. The summed E-state index contributed by atoms with van der Waals surface area (Å²) < 4.78 is 0. The minimum atomic E-state index is -0.610. The van der Waals surface area contributed by atoms with E-state index in [9.17, 15) is 14.7 Å². The summed E-state index contributed by atoms with van der Waals surface area (Å²) in [5, 5.41) is 16.8. The first kappa shape index (κ1) is 23.3. The quantitative estimate of drug-likeness (QED) is 0.603. The van der Waals surface area contributed by atoms with E-state index >= 15 is 0 Å². The molecule has 4 rings (SSSR count). The van der Waals surface area contributed by atoms with Crippen molar-refractivity contribution in [1.29, 1.82) is 0 Å². The summed E-state index contributed by atoms with van der Waals surface area (Å²) in [5.74, 6) is -0.0467. The lowest BCUT2D eigenvalue weighted by atomic mass is 10.00. The third-order valence-electron chi connectivity index (χ3n) is 6.64. The number of fused-ring (bicyclic) bond motifs is 1. The lowest BCUT2D eigenvalue weighted by molar-refractivity contribution is -0.129. The van der Waals surface area contributed by atoms with Gasteiger partial charge in [-0.1, -0.05) is 24.3 Å². The number of nitrogens with one attached hydrogen (secondary N) is 2. The number of β-amino-alcohol motifs (C(OH)–C–C–N with tert-alkyl or cyclic N) is 1. The first-order chi connectivity index (χ1) is 16.0. The SMILES string of the molecule is CC(=O)N1CCC(Nc2ccc(C(=O)NCC(O)CN3CCc4ccccc4C3)cc2)CC1. The molecular weight excluding hydrogens is 416 g/mol. The Morgan fingerprint density at radius 1 is 1.03 bits per heavy atom. The lowest BCUT2D eigenvalue weighted by Crippen LogP contribution is -2.42. The van der Waals surface area contributed by atoms with Crippen LogP contribution in [-0.4, -0.2) is 71.6 Å². The summed E-state index contributed by atoms with van der Waals surface area (Å²) >= 11 is 0. The Morgan fingerprint density at radius 3 is 2.42 bits per heavy atom. The van der Waals surface area contributed by atoms with Crippen molar-refractivity contribution in [2.45, 2.75) is 44.9 Å². The van der Waals surface area contributed by atoms with E-state index < -0.39 is 6.10 Å². The van der Waals surface area contributed by atoms with Crippen LogP contribution < -0.4 is 10.6 Å². The molecule has 0 bridgehead atoms. The molecule has 2 aromatic rings. The summed E-state index contributed by atoms with van der Waals surface area (Å²) in [5.41, 5.74) is 4.25. The minimum absolute atomic E-state index is 0.134. The first-order valence-electron chi connectivity index (χ1n) is 11.9. The number of aliphatic hydroxyl groups is 1. The highest BCUT2D eigenvalue weighted by Crippen LogP contribution is 2.19. The molecule has 1 fully saturated rings. The zero-order valence-corrected chi connectivity index (χ0v) is 19.3. The van der Waals surface area contributed by atoms with Gasteiger partial charge in [0, 0.05) is 63.5 Å². The van der Waals surface area contributed by atoms with Crippen LogP contribution in [0, 0.1) is 0 Å². The number of likely N-dealkylation sites (tertiary alicyclic amines) is 1. The number of aliphatic hydroxyl groups excluding tert-OH is 1. The highest BCUT2D eigenvalue weighted by molar-refractivity contribution is 5.94. The summed E-state index contributed by atoms with van der Waals surface area (Å²) in [6.07, 6.45) is 2.22. The van der Waals surface area contributed by atoms with Crippen molar-refractivity contribution in [3.05, 3.63) is 65.2 Å². The molecule has 176 valence electrons. The van der Waals surface area contributed by atoms with Gasteiger partial charge in [-0.3, -0.25) is 14.5 Å². The Bertz CT molecular complexity index is 954. The van der Waals surface area contributed by atoms with E-state index in [1.807, 2.05) is 17.0 Å². The van der Waals surface area contributed by atoms with E-state index in [1.54, 1.807) is 19.1 Å². The molecular formula is C26H34N4O3. The molecule has 0 aromatic heterocycles. The van der Waals surface area contributed by atoms with Crippen LogP contribution in [0.15, 0.2) is 48.5 Å². The molecule has 7 nitrogen and oxygen atoms in total. The molecule has 3 N–H and O–H groups in total. The fraction of sp³-hybridized carbons (Fsp3) is 0.462. The number of rotatable bonds is 7. The van der Waals surface area contributed by atoms with Crippen LogP contribution in [0.4, 0.5) is 5.69 Å². The molecule has 0 radical (unpaired) electrons. The standard InChI is InChI=1S/C26H34N4O3/c1-19(31)30-14-11-24(12-15-30)28-23-8-6-21(7-9-23)26(33)27-16-25(32)18-29-13-10-20-4-2-3-5-22(20)17-29/h2-9,24-25,28,32H,10-18H2,1H3,(H,27,33). The average molecular weight is 451 g/mol. The molecule has 2 amide bonds. The van der Waals surface area contributed by atoms with Gasteiger partial charge in [0.1, 0.15) is 0 Å². The van der Waals surface area contributed by atoms with E-state index in [0.29, 0.717) is 18.2 Å². The largest absolute Gasteiger partial charge is 0.390 e. The molecule has 2 aromatic carbocycles. The van der Waals surface area contributed by atoms with Crippen molar-refractivity contribution in [3.8, 4) is 0 Å². The molecule has 2 aliphatic rings. The van der Waals surface area contributed by atoms with Crippen molar-refractivity contribution in [2.75, 3.05) is 38.0 Å². The Balaban J connectivity index is 1.19. The maximum absolute atomic E-state index is 12.5. The topological polar surface area (TPSA) is 84.9 Å². The molecule has 0 spiro atoms. The number of anilines is 1. The monoisotopic (exact) mass is 450 g/mol. The highest BCUT2D eigenvalue weighted by atomic mass is 16.3. The van der Waals surface area contributed by atoms with Gasteiger partial charge < -0.3 is 20.6 Å². The first-order valence-corrected chi connectivity index (χ1v) is 11.9. The van der Waals surface area contributed by atoms with Gasteiger partial charge in [0.15, 0.2) is 0 Å². The molecule has 7 heteroatoms. The van der Waals surface area contributed by atoms with Crippen LogP contribution in [0.5, 0.6) is 0 Å². The Kier molecular flexibility index (Phi) is 7.62. The van der Waals surface area contributed by atoms with Crippen LogP contribution in [-0.2, 0) is 17.8 Å². The lowest BCUT2D eigenvalue weighted by Gasteiger charge is -2.32. The maximum Gasteiger partial charge on any atom is 0.251 e. The van der Waals surface area contributed by atoms with E-state index in [0.717, 1.165) is 51.1 Å². The van der Waals surface area contributed by atoms with Gasteiger partial charge in [-0.2, -0.15) is 0 Å². The molecule has 1 unspecified atom stereocenters. The predicted molar refractivity (Wildman–Crippen MR) is 129 cm³/mol. The normalized spacial score (nSPS) is 17.8. The van der Waals surface area contributed by atoms with E-state index in [-0.39, 0.29) is 18.4 Å². The minimum Gasteiger partial charge on any atom is -0.390 e. The second-order valence-corrected chi connectivity index (χ2v) is 9.12. The number of piperidine rings is 1. The second kappa shape index (κ2) is 10.8. The van der Waals surface area contributed by atoms with Gasteiger partial charge in [-0.25, -0.2) is 0 Å². The number of benzene rings is 2. The number of hydrogen-bond acceptors (Lipinski definition) is 5. The third kappa shape index (κ3) is 6.33. The summed E-state index contributed by atoms with van der Waals surface area (Å²) in [4.78, 5) is 28.1. The zero-order chi connectivity index (χ0) is 23.2. The smallest absolute Gasteiger partial charge is 0.251 e. The molecule has 33 heavy (non-hydrogen) atoms. The van der Waals surface area contributed by atoms with Gasteiger partial charge in [0.05, 0.1) is 6.10 Å². The average Bonchev–Trinajstić information content (AvgIpc) is 2.83. The summed E-state index contributed by atoms with van der Waals surface area (Å²) in [6, 6.07) is 16.2. The van der Waals surface area contributed by atoms with E-state index in [1.165, 1.54) is 11.1 Å². The zero-order valence-electron chi connectivity index (χ0n) is 19.3. The van der Waals surface area contributed by atoms with Gasteiger partial charge >= 0.3 is 0 Å². The number of amides is 2. The molecule has 2 aliphatic heterocycles. The fourth-order valence-electron chi connectivity index (χ4n) is 4.68. The van der Waals surface area contributed by atoms with E-state index in [4.69, 9.17) is 0 Å².